The van der Waals surface area contributed by atoms with Crippen LogP contribution in [0.2, 0.25) is 0 Å². The van der Waals surface area contributed by atoms with E-state index in [-0.39, 0.29) is 12.0 Å². The lowest BCUT2D eigenvalue weighted by atomic mass is 10.2. The molecule has 0 spiro atoms. The number of amides is 1. The number of carbonyl (C=O) groups is 1. The molecule has 0 unspecified atom stereocenters. The third kappa shape index (κ3) is 4.15. The molecular weight excluding hydrogens is 344 g/mol. The Labute approximate surface area is 159 Å². The summed E-state index contributed by atoms with van der Waals surface area (Å²) in [5.74, 6) is 0.105. The van der Waals surface area contributed by atoms with Crippen LogP contribution >= 0.6 is 0 Å². The average molecular weight is 372 g/mol. The van der Waals surface area contributed by atoms with Gasteiger partial charge in [0.2, 0.25) is 0 Å². The van der Waals surface area contributed by atoms with Crippen molar-refractivity contribution in [2.24, 2.45) is 0 Å². The second kappa shape index (κ2) is 8.37. The number of pyridine rings is 1. The lowest BCUT2D eigenvalue weighted by Crippen LogP contribution is -2.49. The fraction of sp³-hybridized carbons (Fsp3) is 0.600. The monoisotopic (exact) mass is 372 g/mol. The molecule has 1 aliphatic heterocycles. The number of aromatic nitrogens is 2. The molecule has 1 saturated heterocycles. The maximum Gasteiger partial charge on any atom is 0.253 e. The Hall–Kier alpha value is -1.96. The minimum absolute atomic E-state index is 0.105. The first-order chi connectivity index (χ1) is 13.3. The Balaban J connectivity index is 1.56. The molecule has 7 nitrogen and oxygen atoms in total. The summed E-state index contributed by atoms with van der Waals surface area (Å²) in [5.41, 5.74) is 2.13. The summed E-state index contributed by atoms with van der Waals surface area (Å²) in [5, 5.41) is 4.38. The Bertz CT molecular complexity index is 781. The van der Waals surface area contributed by atoms with Crippen LogP contribution in [0.1, 0.15) is 24.8 Å². The van der Waals surface area contributed by atoms with Crippen LogP contribution in [-0.2, 0) is 27.4 Å². The number of nitrogens with zero attached hydrogens (tertiary/aromatic N) is 3. The van der Waals surface area contributed by atoms with Crippen molar-refractivity contribution >= 4 is 16.9 Å². The Morgan fingerprint density at radius 1 is 1.48 bits per heavy atom. The number of methoxy groups -OCH3 is 1. The van der Waals surface area contributed by atoms with Crippen LogP contribution in [0.15, 0.2) is 24.5 Å². The standard InChI is InChI=1S/C20H28N4O3/c1-26-10-3-9-23-13-15(17-4-2-7-22-19(17)23)14-24(16-5-6-16)20(25)18-12-21-8-11-27-18/h2,4,7,13,16,18,21H,3,5-6,8-12,14H2,1H3/t18-/m1/s1. The summed E-state index contributed by atoms with van der Waals surface area (Å²) in [4.78, 5) is 19.6. The maximum atomic E-state index is 13.1. The number of aryl methyl sites for hydroxylation is 1. The van der Waals surface area contributed by atoms with Crippen molar-refractivity contribution in [3.63, 3.8) is 0 Å². The molecule has 4 rings (SSSR count). The number of carbonyl (C=O) groups excluding carboxylic acids is 1. The molecule has 1 aliphatic carbocycles. The van der Waals surface area contributed by atoms with Gasteiger partial charge in [0.1, 0.15) is 11.8 Å². The number of hydrogen-bond donors (Lipinski definition) is 1. The van der Waals surface area contributed by atoms with Gasteiger partial charge in [0.15, 0.2) is 0 Å². The quantitative estimate of drug-likeness (QED) is 0.712. The van der Waals surface area contributed by atoms with Gasteiger partial charge in [0, 0.05) is 63.7 Å². The van der Waals surface area contributed by atoms with Crippen LogP contribution in [0.5, 0.6) is 0 Å². The predicted molar refractivity (Wildman–Crippen MR) is 102 cm³/mol. The zero-order valence-electron chi connectivity index (χ0n) is 15.9. The van der Waals surface area contributed by atoms with E-state index in [2.05, 4.69) is 27.1 Å². The van der Waals surface area contributed by atoms with Crippen molar-refractivity contribution in [3.05, 3.63) is 30.1 Å². The number of ether oxygens (including phenoxy) is 2. The Morgan fingerprint density at radius 2 is 2.37 bits per heavy atom. The van der Waals surface area contributed by atoms with Crippen molar-refractivity contribution in [2.45, 2.75) is 44.5 Å². The highest BCUT2D eigenvalue weighted by molar-refractivity contribution is 5.84. The summed E-state index contributed by atoms with van der Waals surface area (Å²) in [6.07, 6.45) is 6.70. The topological polar surface area (TPSA) is 68.6 Å². The van der Waals surface area contributed by atoms with Gasteiger partial charge in [-0.2, -0.15) is 0 Å². The van der Waals surface area contributed by atoms with Gasteiger partial charge in [-0.05, 0) is 37.0 Å². The molecule has 2 aliphatic rings. The van der Waals surface area contributed by atoms with Crippen molar-refractivity contribution in [1.29, 1.82) is 0 Å². The van der Waals surface area contributed by atoms with Gasteiger partial charge >= 0.3 is 0 Å². The molecule has 2 aromatic rings. The Kier molecular flexibility index (Phi) is 5.71. The van der Waals surface area contributed by atoms with E-state index in [1.807, 2.05) is 17.2 Å². The largest absolute Gasteiger partial charge is 0.385 e. The number of hydrogen-bond acceptors (Lipinski definition) is 5. The molecule has 2 aromatic heterocycles. The van der Waals surface area contributed by atoms with E-state index in [1.165, 1.54) is 0 Å². The van der Waals surface area contributed by atoms with Gasteiger partial charge in [-0.25, -0.2) is 4.98 Å². The van der Waals surface area contributed by atoms with E-state index in [9.17, 15) is 4.79 Å². The molecule has 0 radical (unpaired) electrons. The molecule has 27 heavy (non-hydrogen) atoms. The van der Waals surface area contributed by atoms with Crippen molar-refractivity contribution < 1.29 is 14.3 Å². The normalized spacial score (nSPS) is 20.1. The van der Waals surface area contributed by atoms with E-state index in [0.717, 1.165) is 55.6 Å². The highest BCUT2D eigenvalue weighted by atomic mass is 16.5. The second-order valence-electron chi connectivity index (χ2n) is 7.33. The Morgan fingerprint density at radius 3 is 3.11 bits per heavy atom. The van der Waals surface area contributed by atoms with E-state index in [1.54, 1.807) is 7.11 Å². The van der Waals surface area contributed by atoms with Crippen molar-refractivity contribution in [2.75, 3.05) is 33.4 Å². The van der Waals surface area contributed by atoms with Gasteiger partial charge in [-0.3, -0.25) is 4.79 Å². The number of rotatable bonds is 8. The van der Waals surface area contributed by atoms with Gasteiger partial charge in [-0.15, -0.1) is 0 Å². The van der Waals surface area contributed by atoms with E-state index in [4.69, 9.17) is 9.47 Å². The van der Waals surface area contributed by atoms with E-state index < -0.39 is 0 Å². The SMILES string of the molecule is COCCCn1cc(CN(C(=O)[C@H]2CNCCO2)C2CC2)c2cccnc21. The second-order valence-corrected chi connectivity index (χ2v) is 7.33. The summed E-state index contributed by atoms with van der Waals surface area (Å²) in [6, 6.07) is 4.40. The number of morpholine rings is 1. The molecule has 2 fully saturated rings. The highest BCUT2D eigenvalue weighted by Crippen LogP contribution is 2.31. The van der Waals surface area contributed by atoms with Crippen molar-refractivity contribution in [3.8, 4) is 0 Å². The smallest absolute Gasteiger partial charge is 0.253 e. The predicted octanol–water partition coefficient (Wildman–Crippen LogP) is 1.55. The lowest BCUT2D eigenvalue weighted by Gasteiger charge is -2.30. The van der Waals surface area contributed by atoms with Crippen LogP contribution in [0, 0.1) is 0 Å². The zero-order valence-corrected chi connectivity index (χ0v) is 15.9. The first-order valence-electron chi connectivity index (χ1n) is 9.82. The molecule has 7 heteroatoms. The molecule has 1 N–H and O–H groups in total. The molecule has 0 bridgehead atoms. The molecule has 3 heterocycles. The lowest BCUT2D eigenvalue weighted by molar-refractivity contribution is -0.146. The van der Waals surface area contributed by atoms with Crippen LogP contribution < -0.4 is 5.32 Å². The minimum Gasteiger partial charge on any atom is -0.385 e. The minimum atomic E-state index is -0.368. The van der Waals surface area contributed by atoms with E-state index in [0.29, 0.717) is 25.7 Å². The van der Waals surface area contributed by atoms with Gasteiger partial charge in [0.05, 0.1) is 6.61 Å². The third-order valence-corrected chi connectivity index (χ3v) is 5.28. The summed E-state index contributed by atoms with van der Waals surface area (Å²) in [6.45, 7) is 4.20. The average Bonchev–Trinajstić information content (AvgIpc) is 3.50. The first-order valence-corrected chi connectivity index (χ1v) is 9.82. The van der Waals surface area contributed by atoms with Crippen LogP contribution in [0.3, 0.4) is 0 Å². The van der Waals surface area contributed by atoms with E-state index >= 15 is 0 Å². The van der Waals surface area contributed by atoms with Gasteiger partial charge < -0.3 is 24.3 Å². The molecule has 1 saturated carbocycles. The highest BCUT2D eigenvalue weighted by Gasteiger charge is 2.37. The van der Waals surface area contributed by atoms with Crippen LogP contribution in [0.25, 0.3) is 11.0 Å². The first kappa shape index (κ1) is 18.4. The number of fused-ring (bicyclic) bond motifs is 1. The third-order valence-electron chi connectivity index (χ3n) is 5.28. The summed E-state index contributed by atoms with van der Waals surface area (Å²) in [7, 11) is 1.72. The van der Waals surface area contributed by atoms with Crippen LogP contribution in [0.4, 0.5) is 0 Å². The van der Waals surface area contributed by atoms with Crippen molar-refractivity contribution in [1.82, 2.24) is 19.8 Å². The molecule has 0 aromatic carbocycles. The molecule has 1 atom stereocenters. The molecule has 1 amide bonds. The van der Waals surface area contributed by atoms with Gasteiger partial charge in [0.25, 0.3) is 5.91 Å². The molecule has 146 valence electrons. The summed E-state index contributed by atoms with van der Waals surface area (Å²) >= 11 is 0. The fourth-order valence-electron chi connectivity index (χ4n) is 3.74. The zero-order chi connectivity index (χ0) is 18.6. The summed E-state index contributed by atoms with van der Waals surface area (Å²) < 4.78 is 13.1. The molecular formula is C20H28N4O3. The van der Waals surface area contributed by atoms with Crippen LogP contribution in [-0.4, -0.2) is 65.9 Å². The number of nitrogens with one attached hydrogen (secondary N) is 1. The maximum absolute atomic E-state index is 13.1. The fourth-order valence-corrected chi connectivity index (χ4v) is 3.74. The van der Waals surface area contributed by atoms with Gasteiger partial charge in [-0.1, -0.05) is 0 Å².